The van der Waals surface area contributed by atoms with Crippen LogP contribution in [-0.2, 0) is 11.3 Å². The van der Waals surface area contributed by atoms with Crippen molar-refractivity contribution in [3.63, 3.8) is 0 Å². The van der Waals surface area contributed by atoms with Crippen LogP contribution in [0, 0.1) is 6.92 Å². The number of hydrogen-bond donors (Lipinski definition) is 1. The number of hydrogen-bond acceptors (Lipinski definition) is 7. The Morgan fingerprint density at radius 3 is 2.44 bits per heavy atom. The molecule has 2 fully saturated rings. The van der Waals surface area contributed by atoms with Gasteiger partial charge in [-0.1, -0.05) is 12.1 Å². The van der Waals surface area contributed by atoms with Gasteiger partial charge in [-0.05, 0) is 71.1 Å². The van der Waals surface area contributed by atoms with Crippen LogP contribution in [0.2, 0.25) is 0 Å². The third-order valence-electron chi connectivity index (χ3n) is 6.45. The van der Waals surface area contributed by atoms with Crippen molar-refractivity contribution in [3.05, 3.63) is 41.6 Å². The van der Waals surface area contributed by atoms with Gasteiger partial charge >= 0.3 is 6.09 Å². The van der Waals surface area contributed by atoms with Gasteiger partial charge < -0.3 is 25.2 Å². The lowest BCUT2D eigenvalue weighted by atomic mass is 10.0. The van der Waals surface area contributed by atoms with Gasteiger partial charge in [-0.3, -0.25) is 0 Å². The van der Waals surface area contributed by atoms with Gasteiger partial charge in [0.1, 0.15) is 11.4 Å². The summed E-state index contributed by atoms with van der Waals surface area (Å²) in [6, 6.07) is 10.7. The van der Waals surface area contributed by atoms with Gasteiger partial charge in [-0.25, -0.2) is 9.78 Å². The lowest BCUT2D eigenvalue weighted by Gasteiger charge is -2.39. The van der Waals surface area contributed by atoms with Crippen molar-refractivity contribution in [1.29, 1.82) is 0 Å². The Kier molecular flexibility index (Phi) is 7.14. The summed E-state index contributed by atoms with van der Waals surface area (Å²) in [5.74, 6) is 1.15. The SMILES string of the molecule is Cc1cc(N2CCC(N(Cc3cccc(N4CCCC4)c3)C(=O)OC(C)(C)C)CC2)nc(N)n1. The van der Waals surface area contributed by atoms with Crippen LogP contribution >= 0.6 is 0 Å². The van der Waals surface area contributed by atoms with Gasteiger partial charge in [0.15, 0.2) is 0 Å². The molecule has 0 aliphatic carbocycles. The Morgan fingerprint density at radius 2 is 1.79 bits per heavy atom. The Bertz CT molecular complexity index is 971. The Labute approximate surface area is 203 Å². The molecule has 2 N–H and O–H groups in total. The number of aromatic nitrogens is 2. The Hall–Kier alpha value is -3.03. The van der Waals surface area contributed by atoms with Crippen LogP contribution < -0.4 is 15.5 Å². The summed E-state index contributed by atoms with van der Waals surface area (Å²) in [4.78, 5) is 28.4. The van der Waals surface area contributed by atoms with E-state index < -0.39 is 5.60 Å². The smallest absolute Gasteiger partial charge is 0.410 e. The maximum absolute atomic E-state index is 13.3. The molecular weight excluding hydrogens is 428 g/mol. The molecule has 0 bridgehead atoms. The Morgan fingerprint density at radius 1 is 1.09 bits per heavy atom. The van der Waals surface area contributed by atoms with E-state index in [9.17, 15) is 4.79 Å². The minimum atomic E-state index is -0.538. The normalized spacial score (nSPS) is 17.2. The van der Waals surface area contributed by atoms with Gasteiger partial charge in [0, 0.05) is 56.2 Å². The summed E-state index contributed by atoms with van der Waals surface area (Å²) in [6.07, 6.45) is 3.91. The number of nitrogens with two attached hydrogens (primary N) is 1. The van der Waals surface area contributed by atoms with E-state index in [4.69, 9.17) is 10.5 Å². The number of nitrogens with zero attached hydrogens (tertiary/aromatic N) is 5. The average molecular weight is 467 g/mol. The highest BCUT2D eigenvalue weighted by atomic mass is 16.6. The average Bonchev–Trinajstić information content (AvgIpc) is 3.31. The molecule has 8 heteroatoms. The molecule has 2 aliphatic heterocycles. The van der Waals surface area contributed by atoms with E-state index in [-0.39, 0.29) is 12.1 Å². The van der Waals surface area contributed by atoms with Crippen LogP contribution in [0.25, 0.3) is 0 Å². The van der Waals surface area contributed by atoms with Gasteiger partial charge in [-0.2, -0.15) is 4.98 Å². The summed E-state index contributed by atoms with van der Waals surface area (Å²) >= 11 is 0. The minimum Gasteiger partial charge on any atom is -0.444 e. The van der Waals surface area contributed by atoms with Crippen molar-refractivity contribution in [2.75, 3.05) is 41.7 Å². The van der Waals surface area contributed by atoms with Crippen molar-refractivity contribution in [3.8, 4) is 0 Å². The van der Waals surface area contributed by atoms with Crippen molar-refractivity contribution in [1.82, 2.24) is 14.9 Å². The summed E-state index contributed by atoms with van der Waals surface area (Å²) in [6.45, 7) is 12.0. The summed E-state index contributed by atoms with van der Waals surface area (Å²) < 4.78 is 5.82. The predicted molar refractivity (Wildman–Crippen MR) is 136 cm³/mol. The number of ether oxygens (including phenoxy) is 1. The predicted octanol–water partition coefficient (Wildman–Crippen LogP) is 4.37. The number of rotatable bonds is 5. The van der Waals surface area contributed by atoms with E-state index in [2.05, 4.69) is 44.0 Å². The molecule has 3 heterocycles. The quantitative estimate of drug-likeness (QED) is 0.700. The first-order valence-electron chi connectivity index (χ1n) is 12.4. The van der Waals surface area contributed by atoms with E-state index in [0.29, 0.717) is 12.5 Å². The minimum absolute atomic E-state index is 0.0989. The molecule has 0 spiro atoms. The molecule has 0 unspecified atom stereocenters. The van der Waals surface area contributed by atoms with E-state index in [1.807, 2.05) is 38.7 Å². The highest BCUT2D eigenvalue weighted by molar-refractivity contribution is 5.69. The van der Waals surface area contributed by atoms with Crippen molar-refractivity contribution in [2.45, 2.75) is 71.6 Å². The molecule has 1 aromatic heterocycles. The molecule has 8 nitrogen and oxygen atoms in total. The number of carbonyl (C=O) groups excluding carboxylic acids is 1. The van der Waals surface area contributed by atoms with Gasteiger partial charge in [0.25, 0.3) is 0 Å². The lowest BCUT2D eigenvalue weighted by Crippen LogP contribution is -2.48. The van der Waals surface area contributed by atoms with Crippen LogP contribution in [0.15, 0.2) is 30.3 Å². The first-order chi connectivity index (χ1) is 16.2. The Balaban J connectivity index is 1.49. The zero-order chi connectivity index (χ0) is 24.3. The highest BCUT2D eigenvalue weighted by Gasteiger charge is 2.32. The third kappa shape index (κ3) is 6.10. The van der Waals surface area contributed by atoms with E-state index >= 15 is 0 Å². The number of amides is 1. The summed E-state index contributed by atoms with van der Waals surface area (Å²) in [5.41, 5.74) is 8.56. The van der Waals surface area contributed by atoms with Crippen molar-refractivity contribution < 1.29 is 9.53 Å². The number of aryl methyl sites for hydroxylation is 1. The van der Waals surface area contributed by atoms with Crippen LogP contribution in [-0.4, -0.2) is 58.8 Å². The highest BCUT2D eigenvalue weighted by Crippen LogP contribution is 2.27. The maximum atomic E-state index is 13.3. The first kappa shape index (κ1) is 24.1. The van der Waals surface area contributed by atoms with Gasteiger partial charge in [0.2, 0.25) is 5.95 Å². The topological polar surface area (TPSA) is 87.8 Å². The number of carbonyl (C=O) groups is 1. The third-order valence-corrected chi connectivity index (χ3v) is 6.45. The maximum Gasteiger partial charge on any atom is 0.410 e. The molecule has 1 amide bonds. The molecule has 1 aromatic carbocycles. The monoisotopic (exact) mass is 466 g/mol. The number of nitrogen functional groups attached to an aromatic ring is 1. The van der Waals surface area contributed by atoms with Crippen LogP contribution in [0.5, 0.6) is 0 Å². The lowest BCUT2D eigenvalue weighted by molar-refractivity contribution is 0.0113. The standard InChI is InChI=1S/C26H38N6O2/c1-19-16-23(29-24(27)28-19)31-14-10-21(11-15-31)32(25(33)34-26(2,3)4)18-20-8-7-9-22(17-20)30-12-5-6-13-30/h7-9,16-17,21H,5-6,10-15,18H2,1-4H3,(H2,27,28,29). The van der Waals surface area contributed by atoms with E-state index in [0.717, 1.165) is 56.1 Å². The zero-order valence-corrected chi connectivity index (χ0v) is 21.0. The molecule has 0 atom stereocenters. The van der Waals surface area contributed by atoms with Crippen LogP contribution in [0.4, 0.5) is 22.2 Å². The molecular formula is C26H38N6O2. The second kappa shape index (κ2) is 10.1. The molecule has 0 radical (unpaired) electrons. The number of benzene rings is 1. The molecule has 2 aliphatic rings. The van der Waals surface area contributed by atoms with Crippen LogP contribution in [0.1, 0.15) is 57.7 Å². The van der Waals surface area contributed by atoms with E-state index in [1.165, 1.54) is 18.5 Å². The van der Waals surface area contributed by atoms with Gasteiger partial charge in [-0.15, -0.1) is 0 Å². The van der Waals surface area contributed by atoms with Gasteiger partial charge in [0.05, 0.1) is 0 Å². The van der Waals surface area contributed by atoms with Crippen LogP contribution in [0.3, 0.4) is 0 Å². The molecule has 184 valence electrons. The largest absolute Gasteiger partial charge is 0.444 e. The first-order valence-corrected chi connectivity index (χ1v) is 12.4. The van der Waals surface area contributed by atoms with Crippen molar-refractivity contribution >= 4 is 23.5 Å². The second-order valence-corrected chi connectivity index (χ2v) is 10.4. The fraction of sp³-hybridized carbons (Fsp3) is 0.577. The fourth-order valence-corrected chi connectivity index (χ4v) is 4.83. The van der Waals surface area contributed by atoms with E-state index in [1.54, 1.807) is 0 Å². The molecule has 4 rings (SSSR count). The molecule has 2 saturated heterocycles. The zero-order valence-electron chi connectivity index (χ0n) is 21.0. The number of anilines is 3. The van der Waals surface area contributed by atoms with Crippen molar-refractivity contribution in [2.24, 2.45) is 0 Å². The molecule has 0 saturated carbocycles. The fourth-order valence-electron chi connectivity index (χ4n) is 4.83. The molecule has 2 aromatic rings. The summed E-state index contributed by atoms with van der Waals surface area (Å²) in [5, 5.41) is 0. The second-order valence-electron chi connectivity index (χ2n) is 10.4. The molecule has 34 heavy (non-hydrogen) atoms. The summed E-state index contributed by atoms with van der Waals surface area (Å²) in [7, 11) is 0. The number of piperidine rings is 1.